The minimum atomic E-state index is -0.740. The molecule has 1 fully saturated rings. The molecule has 3 nitrogen and oxygen atoms in total. The van der Waals surface area contributed by atoms with Crippen molar-refractivity contribution in [3.05, 3.63) is 29.8 Å². The lowest BCUT2D eigenvalue weighted by Gasteiger charge is -2.17. The van der Waals surface area contributed by atoms with Crippen LogP contribution in [0, 0.1) is 5.41 Å². The molecule has 0 radical (unpaired) electrons. The highest BCUT2D eigenvalue weighted by atomic mass is 16.5. The van der Waals surface area contributed by atoms with Gasteiger partial charge in [0.2, 0.25) is 0 Å². The summed E-state index contributed by atoms with van der Waals surface area (Å²) in [7, 11) is 0. The molecule has 0 saturated heterocycles. The van der Waals surface area contributed by atoms with Gasteiger partial charge in [0.15, 0.2) is 0 Å². The number of hydrogen-bond donors (Lipinski definition) is 1. The zero-order valence-electron chi connectivity index (χ0n) is 10.5. The third-order valence-electron chi connectivity index (χ3n) is 3.74. The maximum atomic E-state index is 11.5. The second-order valence-electron chi connectivity index (χ2n) is 5.23. The molecule has 1 aromatic carbocycles. The van der Waals surface area contributed by atoms with Crippen LogP contribution in [0.1, 0.15) is 32.8 Å². The molecule has 17 heavy (non-hydrogen) atoms. The van der Waals surface area contributed by atoms with Gasteiger partial charge in [-0.1, -0.05) is 26.0 Å². The highest BCUT2D eigenvalue weighted by Gasteiger charge is 2.67. The van der Waals surface area contributed by atoms with Gasteiger partial charge in [0.05, 0.1) is 12.0 Å². The second-order valence-corrected chi connectivity index (χ2v) is 5.23. The van der Waals surface area contributed by atoms with Crippen molar-refractivity contribution >= 4 is 5.97 Å². The molecule has 0 spiro atoms. The Hall–Kier alpha value is -1.51. The largest absolute Gasteiger partial charge is 0.494 e. The summed E-state index contributed by atoms with van der Waals surface area (Å²) < 4.78 is 5.42. The van der Waals surface area contributed by atoms with Gasteiger partial charge in [-0.3, -0.25) is 4.79 Å². The molecule has 1 atom stereocenters. The van der Waals surface area contributed by atoms with Gasteiger partial charge in [0.1, 0.15) is 5.75 Å². The third-order valence-corrected chi connectivity index (χ3v) is 3.74. The SMILES string of the molecule is CCOc1cccc(C2(C(=O)O)CC2(C)C)c1. The molecular formula is C14H18O3. The molecule has 1 saturated carbocycles. The average molecular weight is 234 g/mol. The van der Waals surface area contributed by atoms with Crippen molar-refractivity contribution in [2.45, 2.75) is 32.6 Å². The summed E-state index contributed by atoms with van der Waals surface area (Å²) in [5, 5.41) is 9.47. The maximum Gasteiger partial charge on any atom is 0.314 e. The summed E-state index contributed by atoms with van der Waals surface area (Å²) in [5.74, 6) is 0.00414. The monoisotopic (exact) mass is 234 g/mol. The van der Waals surface area contributed by atoms with Crippen LogP contribution in [-0.2, 0) is 10.2 Å². The van der Waals surface area contributed by atoms with E-state index in [0.717, 1.165) is 11.3 Å². The molecule has 0 bridgehead atoms. The minimum absolute atomic E-state index is 0.177. The third kappa shape index (κ3) is 1.70. The van der Waals surface area contributed by atoms with Crippen molar-refractivity contribution in [1.82, 2.24) is 0 Å². The van der Waals surface area contributed by atoms with E-state index in [-0.39, 0.29) is 5.41 Å². The molecule has 1 N–H and O–H groups in total. The first-order chi connectivity index (χ1) is 7.94. The average Bonchev–Trinajstić information content (AvgIpc) is 2.84. The topological polar surface area (TPSA) is 46.5 Å². The second kappa shape index (κ2) is 3.76. The van der Waals surface area contributed by atoms with Gasteiger partial charge >= 0.3 is 5.97 Å². The van der Waals surface area contributed by atoms with Gasteiger partial charge in [0.25, 0.3) is 0 Å². The van der Waals surface area contributed by atoms with E-state index >= 15 is 0 Å². The van der Waals surface area contributed by atoms with Crippen LogP contribution >= 0.6 is 0 Å². The molecule has 1 aliphatic carbocycles. The van der Waals surface area contributed by atoms with Gasteiger partial charge in [-0.15, -0.1) is 0 Å². The van der Waals surface area contributed by atoms with Crippen molar-refractivity contribution in [3.8, 4) is 5.75 Å². The molecule has 0 amide bonds. The summed E-state index contributed by atoms with van der Waals surface area (Å²) in [4.78, 5) is 11.5. The molecule has 2 rings (SSSR count). The van der Waals surface area contributed by atoms with Crippen LogP contribution in [0.2, 0.25) is 0 Å². The molecule has 1 unspecified atom stereocenters. The Balaban J connectivity index is 2.40. The highest BCUT2D eigenvalue weighted by Crippen LogP contribution is 2.64. The summed E-state index contributed by atoms with van der Waals surface area (Å²) in [6.07, 6.45) is 0.685. The fourth-order valence-corrected chi connectivity index (χ4v) is 2.62. The van der Waals surface area contributed by atoms with Gasteiger partial charge in [0, 0.05) is 0 Å². The molecule has 92 valence electrons. The number of aliphatic carboxylic acids is 1. The van der Waals surface area contributed by atoms with Crippen molar-refractivity contribution in [2.24, 2.45) is 5.41 Å². The quantitative estimate of drug-likeness (QED) is 0.871. The predicted molar refractivity (Wildman–Crippen MR) is 65.3 cm³/mol. The van der Waals surface area contributed by atoms with Crippen LogP contribution in [0.4, 0.5) is 0 Å². The number of carbonyl (C=O) groups is 1. The number of rotatable bonds is 4. The van der Waals surface area contributed by atoms with Crippen molar-refractivity contribution < 1.29 is 14.6 Å². The standard InChI is InChI=1S/C14H18O3/c1-4-17-11-7-5-6-10(8-11)14(12(15)16)9-13(14,2)3/h5-8H,4,9H2,1-3H3,(H,15,16). The Morgan fingerprint density at radius 2 is 2.12 bits per heavy atom. The molecule has 3 heteroatoms. The first-order valence-corrected chi connectivity index (χ1v) is 5.91. The number of carboxylic acid groups (broad SMARTS) is 1. The highest BCUT2D eigenvalue weighted by molar-refractivity contribution is 5.87. The number of carboxylic acids is 1. The fraction of sp³-hybridized carbons (Fsp3) is 0.500. The first kappa shape index (κ1) is 12.0. The first-order valence-electron chi connectivity index (χ1n) is 5.91. The van der Waals surface area contributed by atoms with Gasteiger partial charge < -0.3 is 9.84 Å². The van der Waals surface area contributed by atoms with Gasteiger partial charge in [-0.2, -0.15) is 0 Å². The molecule has 1 aromatic rings. The molecule has 1 aliphatic rings. The van der Waals surface area contributed by atoms with Gasteiger partial charge in [-0.05, 0) is 36.5 Å². The van der Waals surface area contributed by atoms with Crippen LogP contribution in [0.3, 0.4) is 0 Å². The summed E-state index contributed by atoms with van der Waals surface area (Å²) >= 11 is 0. The summed E-state index contributed by atoms with van der Waals surface area (Å²) in [6, 6.07) is 7.45. The van der Waals surface area contributed by atoms with E-state index in [1.54, 1.807) is 0 Å². The van der Waals surface area contributed by atoms with E-state index in [2.05, 4.69) is 0 Å². The fourth-order valence-electron chi connectivity index (χ4n) is 2.62. The van der Waals surface area contributed by atoms with Crippen LogP contribution in [0.15, 0.2) is 24.3 Å². The van der Waals surface area contributed by atoms with E-state index in [1.807, 2.05) is 45.0 Å². The van der Waals surface area contributed by atoms with Crippen LogP contribution in [0.25, 0.3) is 0 Å². The van der Waals surface area contributed by atoms with Crippen molar-refractivity contribution in [3.63, 3.8) is 0 Å². The van der Waals surface area contributed by atoms with Crippen LogP contribution < -0.4 is 4.74 Å². The van der Waals surface area contributed by atoms with E-state index in [0.29, 0.717) is 13.0 Å². The lowest BCUT2D eigenvalue weighted by atomic mass is 9.88. The Bertz CT molecular complexity index is 451. The number of hydrogen-bond acceptors (Lipinski definition) is 2. The Labute approximate surface area is 101 Å². The lowest BCUT2D eigenvalue weighted by Crippen LogP contribution is -2.25. The van der Waals surface area contributed by atoms with Crippen LogP contribution in [-0.4, -0.2) is 17.7 Å². The lowest BCUT2D eigenvalue weighted by molar-refractivity contribution is -0.141. The van der Waals surface area contributed by atoms with Crippen LogP contribution in [0.5, 0.6) is 5.75 Å². The van der Waals surface area contributed by atoms with Crippen molar-refractivity contribution in [1.29, 1.82) is 0 Å². The summed E-state index contributed by atoms with van der Waals surface area (Å²) in [5.41, 5.74) is -0.0648. The van der Waals surface area contributed by atoms with E-state index < -0.39 is 11.4 Å². The Morgan fingerprint density at radius 1 is 1.47 bits per heavy atom. The number of ether oxygens (including phenoxy) is 1. The summed E-state index contributed by atoms with van der Waals surface area (Å²) in [6.45, 7) is 6.50. The normalized spacial score (nSPS) is 25.4. The zero-order valence-corrected chi connectivity index (χ0v) is 10.5. The number of benzene rings is 1. The van der Waals surface area contributed by atoms with Gasteiger partial charge in [-0.25, -0.2) is 0 Å². The maximum absolute atomic E-state index is 11.5. The molecule has 0 heterocycles. The molecular weight excluding hydrogens is 216 g/mol. The molecule has 0 aliphatic heterocycles. The minimum Gasteiger partial charge on any atom is -0.494 e. The van der Waals surface area contributed by atoms with E-state index in [4.69, 9.17) is 4.74 Å². The van der Waals surface area contributed by atoms with E-state index in [9.17, 15) is 9.90 Å². The predicted octanol–water partition coefficient (Wildman–Crippen LogP) is 2.84. The Morgan fingerprint density at radius 3 is 2.59 bits per heavy atom. The Kier molecular flexibility index (Phi) is 2.64. The van der Waals surface area contributed by atoms with E-state index in [1.165, 1.54) is 0 Å². The van der Waals surface area contributed by atoms with Crippen molar-refractivity contribution in [2.75, 3.05) is 6.61 Å². The molecule has 0 aromatic heterocycles. The zero-order chi connectivity index (χ0) is 12.7. The smallest absolute Gasteiger partial charge is 0.314 e.